The highest BCUT2D eigenvalue weighted by Crippen LogP contribution is 2.19. The van der Waals surface area contributed by atoms with Crippen molar-refractivity contribution >= 4 is 29.9 Å². The van der Waals surface area contributed by atoms with Crippen molar-refractivity contribution in [2.75, 3.05) is 20.1 Å². The van der Waals surface area contributed by atoms with Crippen molar-refractivity contribution in [3.8, 4) is 17.3 Å². The summed E-state index contributed by atoms with van der Waals surface area (Å²) in [5.41, 5.74) is 3.02. The van der Waals surface area contributed by atoms with Gasteiger partial charge in [-0.05, 0) is 25.1 Å². The Bertz CT molecular complexity index is 959. The Morgan fingerprint density at radius 1 is 1.27 bits per heavy atom. The van der Waals surface area contributed by atoms with Crippen LogP contribution in [0.25, 0.3) is 11.5 Å². The lowest BCUT2D eigenvalue weighted by Crippen LogP contribution is -2.40. The van der Waals surface area contributed by atoms with Crippen molar-refractivity contribution in [3.63, 3.8) is 0 Å². The molecule has 2 aromatic heterocycles. The van der Waals surface area contributed by atoms with E-state index in [0.717, 1.165) is 36.7 Å². The van der Waals surface area contributed by atoms with Crippen LogP contribution in [0.2, 0.25) is 0 Å². The summed E-state index contributed by atoms with van der Waals surface area (Å²) in [6, 6.07) is 13.8. The molecule has 7 nitrogen and oxygen atoms in total. The average molecular weight is 519 g/mol. The number of hydrogen-bond acceptors (Lipinski definition) is 5. The summed E-state index contributed by atoms with van der Waals surface area (Å²) in [5, 5.41) is 3.37. The fourth-order valence-corrected chi connectivity index (χ4v) is 3.32. The molecule has 1 aromatic carbocycles. The maximum atomic E-state index is 5.96. The van der Waals surface area contributed by atoms with Crippen LogP contribution in [0.1, 0.15) is 17.7 Å². The van der Waals surface area contributed by atoms with Crippen molar-refractivity contribution in [1.29, 1.82) is 0 Å². The highest BCUT2D eigenvalue weighted by atomic mass is 127. The van der Waals surface area contributed by atoms with Gasteiger partial charge in [0.15, 0.2) is 5.96 Å². The minimum Gasteiger partial charge on any atom is -0.472 e. The second kappa shape index (κ2) is 10.4. The first-order chi connectivity index (χ1) is 14.2. The molecule has 1 N–H and O–H groups in total. The highest BCUT2D eigenvalue weighted by molar-refractivity contribution is 14.0. The number of benzene rings is 1. The molecule has 1 aliphatic rings. The Morgan fingerprint density at radius 3 is 2.83 bits per heavy atom. The number of aliphatic imine (C=N–C) groups is 1. The number of oxazole rings is 1. The third kappa shape index (κ3) is 5.50. The number of nitrogens with one attached hydrogen (secondary N) is 1. The van der Waals surface area contributed by atoms with Gasteiger partial charge in [0.25, 0.3) is 0 Å². The molecule has 30 heavy (non-hydrogen) atoms. The average Bonchev–Trinajstić information content (AvgIpc) is 3.40. The van der Waals surface area contributed by atoms with E-state index in [9.17, 15) is 0 Å². The second-order valence-electron chi connectivity index (χ2n) is 7.05. The van der Waals surface area contributed by atoms with Crippen LogP contribution in [-0.4, -0.2) is 47.1 Å². The first-order valence-corrected chi connectivity index (χ1v) is 9.76. The third-order valence-corrected chi connectivity index (χ3v) is 4.86. The van der Waals surface area contributed by atoms with Crippen molar-refractivity contribution in [3.05, 3.63) is 66.2 Å². The van der Waals surface area contributed by atoms with Gasteiger partial charge < -0.3 is 19.4 Å². The first-order valence-electron chi connectivity index (χ1n) is 9.76. The van der Waals surface area contributed by atoms with E-state index >= 15 is 0 Å². The highest BCUT2D eigenvalue weighted by Gasteiger charge is 2.26. The molecule has 0 bridgehead atoms. The predicted octanol–water partition coefficient (Wildman–Crippen LogP) is 3.89. The number of hydrogen-bond donors (Lipinski definition) is 1. The van der Waals surface area contributed by atoms with E-state index < -0.39 is 0 Å². The zero-order chi connectivity index (χ0) is 20.1. The van der Waals surface area contributed by atoms with Crippen LogP contribution in [0.3, 0.4) is 0 Å². The summed E-state index contributed by atoms with van der Waals surface area (Å²) < 4.78 is 11.6. The SMILES string of the molecule is CN=C(NCc1coc(-c2ccc(C)cc2)n1)N1CCC(Oc2ccccn2)C1.I. The second-order valence-corrected chi connectivity index (χ2v) is 7.05. The third-order valence-electron chi connectivity index (χ3n) is 4.86. The van der Waals surface area contributed by atoms with E-state index in [1.165, 1.54) is 5.56 Å². The van der Waals surface area contributed by atoms with Crippen LogP contribution in [0.4, 0.5) is 0 Å². The molecule has 1 unspecified atom stereocenters. The normalized spacial score (nSPS) is 16.3. The number of ether oxygens (including phenoxy) is 1. The summed E-state index contributed by atoms with van der Waals surface area (Å²) in [7, 11) is 1.79. The fourth-order valence-electron chi connectivity index (χ4n) is 3.32. The number of aryl methyl sites for hydroxylation is 1. The van der Waals surface area contributed by atoms with E-state index in [2.05, 4.69) is 44.2 Å². The summed E-state index contributed by atoms with van der Waals surface area (Å²) >= 11 is 0. The zero-order valence-corrected chi connectivity index (χ0v) is 19.4. The molecule has 3 aromatic rings. The molecule has 0 spiro atoms. The summed E-state index contributed by atoms with van der Waals surface area (Å²) in [6.45, 7) is 4.25. The van der Waals surface area contributed by atoms with Gasteiger partial charge in [-0.15, -0.1) is 24.0 Å². The molecule has 1 aliphatic heterocycles. The lowest BCUT2D eigenvalue weighted by molar-refractivity contribution is 0.205. The molecule has 1 saturated heterocycles. The standard InChI is InChI=1S/C22H25N5O2.HI/c1-16-6-8-17(9-7-16)21-26-18(15-28-21)13-25-22(23-2)27-12-10-19(14-27)29-20-5-3-4-11-24-20;/h3-9,11,15,19H,10,12-14H2,1-2H3,(H,23,25);1H. The molecule has 8 heteroatoms. The van der Waals surface area contributed by atoms with Crippen LogP contribution in [0.5, 0.6) is 5.88 Å². The lowest BCUT2D eigenvalue weighted by atomic mass is 10.1. The largest absolute Gasteiger partial charge is 0.472 e. The molecule has 1 fully saturated rings. The Labute approximate surface area is 193 Å². The maximum absolute atomic E-state index is 5.96. The number of halogens is 1. The zero-order valence-electron chi connectivity index (χ0n) is 17.1. The van der Waals surface area contributed by atoms with E-state index in [1.807, 2.05) is 30.3 Å². The Morgan fingerprint density at radius 2 is 2.10 bits per heavy atom. The van der Waals surface area contributed by atoms with Crippen LogP contribution in [0, 0.1) is 6.92 Å². The van der Waals surface area contributed by atoms with Crippen molar-refractivity contribution in [2.45, 2.75) is 26.0 Å². The minimum absolute atomic E-state index is 0. The van der Waals surface area contributed by atoms with Gasteiger partial charge >= 0.3 is 0 Å². The van der Waals surface area contributed by atoms with Crippen molar-refractivity contribution < 1.29 is 9.15 Å². The van der Waals surface area contributed by atoms with Gasteiger partial charge in [-0.1, -0.05) is 23.8 Å². The van der Waals surface area contributed by atoms with Gasteiger partial charge in [-0.3, -0.25) is 4.99 Å². The van der Waals surface area contributed by atoms with Gasteiger partial charge in [-0.25, -0.2) is 9.97 Å². The Kier molecular flexibility index (Phi) is 7.67. The summed E-state index contributed by atoms with van der Waals surface area (Å²) in [5.74, 6) is 2.12. The van der Waals surface area contributed by atoms with Gasteiger partial charge in [0.1, 0.15) is 12.4 Å². The predicted molar refractivity (Wildman–Crippen MR) is 127 cm³/mol. The van der Waals surface area contributed by atoms with Crippen LogP contribution < -0.4 is 10.1 Å². The van der Waals surface area contributed by atoms with E-state index in [4.69, 9.17) is 9.15 Å². The smallest absolute Gasteiger partial charge is 0.226 e. The van der Waals surface area contributed by atoms with E-state index in [0.29, 0.717) is 18.3 Å². The summed E-state index contributed by atoms with van der Waals surface area (Å²) in [6.07, 6.45) is 4.46. The quantitative estimate of drug-likeness (QED) is 0.313. The molecule has 1 atom stereocenters. The van der Waals surface area contributed by atoms with Crippen LogP contribution in [0.15, 0.2) is 64.3 Å². The number of nitrogens with zero attached hydrogens (tertiary/aromatic N) is 4. The topological polar surface area (TPSA) is 75.8 Å². The number of guanidine groups is 1. The molecular formula is C22H26IN5O2. The lowest BCUT2D eigenvalue weighted by Gasteiger charge is -2.21. The monoisotopic (exact) mass is 519 g/mol. The number of likely N-dealkylation sites (tertiary alicyclic amines) is 1. The Balaban J connectivity index is 0.00000256. The molecule has 0 aliphatic carbocycles. The van der Waals surface area contributed by atoms with Crippen LogP contribution >= 0.6 is 24.0 Å². The van der Waals surface area contributed by atoms with Gasteiger partial charge in [0, 0.05) is 37.8 Å². The number of pyridine rings is 1. The first kappa shape index (κ1) is 22.1. The molecule has 158 valence electrons. The molecular weight excluding hydrogens is 493 g/mol. The molecule has 0 radical (unpaired) electrons. The van der Waals surface area contributed by atoms with Gasteiger partial charge in [0.05, 0.1) is 18.8 Å². The summed E-state index contributed by atoms with van der Waals surface area (Å²) in [4.78, 5) is 15.4. The molecule has 0 amide bonds. The molecule has 0 saturated carbocycles. The number of aromatic nitrogens is 2. The molecule has 3 heterocycles. The molecule has 4 rings (SSSR count). The van der Waals surface area contributed by atoms with Gasteiger partial charge in [0.2, 0.25) is 11.8 Å². The fraction of sp³-hybridized carbons (Fsp3) is 0.318. The maximum Gasteiger partial charge on any atom is 0.226 e. The number of rotatable bonds is 5. The van der Waals surface area contributed by atoms with E-state index in [-0.39, 0.29) is 30.1 Å². The van der Waals surface area contributed by atoms with Crippen molar-refractivity contribution in [1.82, 2.24) is 20.2 Å². The van der Waals surface area contributed by atoms with E-state index in [1.54, 1.807) is 19.5 Å². The minimum atomic E-state index is 0. The Hall–Kier alpha value is -2.62. The van der Waals surface area contributed by atoms with Gasteiger partial charge in [-0.2, -0.15) is 0 Å². The van der Waals surface area contributed by atoms with Crippen LogP contribution in [-0.2, 0) is 6.54 Å². The van der Waals surface area contributed by atoms with Crippen molar-refractivity contribution in [2.24, 2.45) is 4.99 Å².